The van der Waals surface area contributed by atoms with Crippen LogP contribution in [0.2, 0.25) is 0 Å². The molecule has 1 aliphatic heterocycles. The van der Waals surface area contributed by atoms with Gasteiger partial charge in [0.15, 0.2) is 11.5 Å². The molecule has 0 bridgehead atoms. The van der Waals surface area contributed by atoms with Crippen molar-refractivity contribution >= 4 is 44.7 Å². The molecule has 0 radical (unpaired) electrons. The van der Waals surface area contributed by atoms with Crippen LogP contribution in [0.3, 0.4) is 0 Å². The predicted molar refractivity (Wildman–Crippen MR) is 135 cm³/mol. The van der Waals surface area contributed by atoms with Crippen molar-refractivity contribution in [3.8, 4) is 11.5 Å². The van der Waals surface area contributed by atoms with E-state index in [0.29, 0.717) is 41.0 Å². The largest absolute Gasteiger partial charge is 0.493 e. The van der Waals surface area contributed by atoms with Crippen LogP contribution in [0.5, 0.6) is 11.5 Å². The summed E-state index contributed by atoms with van der Waals surface area (Å²) in [4.78, 5) is 25.4. The Bertz CT molecular complexity index is 1300. The summed E-state index contributed by atoms with van der Waals surface area (Å²) < 4.78 is 23.5. The van der Waals surface area contributed by atoms with E-state index in [1.165, 1.54) is 6.08 Å². The summed E-state index contributed by atoms with van der Waals surface area (Å²) in [6.45, 7) is 0.345. The van der Waals surface area contributed by atoms with E-state index in [-0.39, 0.29) is 5.57 Å². The van der Waals surface area contributed by atoms with E-state index in [0.717, 1.165) is 35.6 Å². The van der Waals surface area contributed by atoms with Gasteiger partial charge in [-0.25, -0.2) is 9.59 Å². The summed E-state index contributed by atoms with van der Waals surface area (Å²) >= 11 is 3.55. The van der Waals surface area contributed by atoms with Crippen molar-refractivity contribution in [3.63, 3.8) is 0 Å². The van der Waals surface area contributed by atoms with Crippen LogP contribution in [-0.4, -0.2) is 24.8 Å². The number of halogens is 1. The van der Waals surface area contributed by atoms with E-state index in [4.69, 9.17) is 18.9 Å². The number of rotatable bonds is 5. The molecule has 2 fully saturated rings. The summed E-state index contributed by atoms with van der Waals surface area (Å²) in [7, 11) is 1.54. The molecule has 0 amide bonds. The van der Waals surface area contributed by atoms with E-state index < -0.39 is 17.7 Å². The molecule has 180 valence electrons. The zero-order valence-electron chi connectivity index (χ0n) is 19.3. The van der Waals surface area contributed by atoms with Crippen molar-refractivity contribution in [1.29, 1.82) is 0 Å². The lowest BCUT2D eigenvalue weighted by molar-refractivity contribution is -0.244. The quantitative estimate of drug-likeness (QED) is 0.215. The number of fused-ring (bicyclic) bond motifs is 1. The van der Waals surface area contributed by atoms with E-state index in [2.05, 4.69) is 34.1 Å². The number of benzene rings is 3. The standard InChI is InChI=1S/C28H25BrO6/c1-32-24-16-18(14-22-26(30)34-28(35-27(22)31)12-5-2-6-13-28)15-23(29)25(24)33-17-20-10-7-9-19-8-3-4-11-21(19)20/h3-4,7-11,14-16H,2,5-6,12-13,17H2,1H3. The average Bonchev–Trinajstić information content (AvgIpc) is 2.86. The van der Waals surface area contributed by atoms with Gasteiger partial charge in [0.25, 0.3) is 5.79 Å². The SMILES string of the molecule is COc1cc(C=C2C(=O)OC3(CCCCC3)OC2=O)cc(Br)c1OCc1cccc2ccccc12. The highest BCUT2D eigenvalue weighted by atomic mass is 79.9. The van der Waals surface area contributed by atoms with Crippen molar-refractivity contribution in [2.75, 3.05) is 7.11 Å². The van der Waals surface area contributed by atoms with Crippen LogP contribution in [0.25, 0.3) is 16.8 Å². The molecule has 1 spiro atoms. The monoisotopic (exact) mass is 536 g/mol. The molecular weight excluding hydrogens is 512 g/mol. The molecule has 0 aromatic heterocycles. The zero-order chi connectivity index (χ0) is 24.4. The highest BCUT2D eigenvalue weighted by Crippen LogP contribution is 2.40. The second-order valence-electron chi connectivity index (χ2n) is 8.77. The number of carbonyl (C=O) groups is 2. The van der Waals surface area contributed by atoms with Crippen molar-refractivity contribution in [2.24, 2.45) is 0 Å². The third-order valence-corrected chi connectivity index (χ3v) is 7.02. The molecule has 3 aromatic rings. The first-order valence-electron chi connectivity index (χ1n) is 11.6. The number of esters is 2. The Morgan fingerprint density at radius 2 is 1.69 bits per heavy atom. The zero-order valence-corrected chi connectivity index (χ0v) is 20.9. The highest BCUT2D eigenvalue weighted by molar-refractivity contribution is 9.10. The highest BCUT2D eigenvalue weighted by Gasteiger charge is 2.46. The van der Waals surface area contributed by atoms with Crippen LogP contribution >= 0.6 is 15.9 Å². The van der Waals surface area contributed by atoms with Crippen LogP contribution in [0, 0.1) is 0 Å². The molecule has 1 heterocycles. The van der Waals surface area contributed by atoms with Crippen molar-refractivity contribution in [1.82, 2.24) is 0 Å². The third-order valence-electron chi connectivity index (χ3n) is 6.43. The smallest absolute Gasteiger partial charge is 0.348 e. The van der Waals surface area contributed by atoms with Gasteiger partial charge in [0.05, 0.1) is 11.6 Å². The molecule has 1 saturated heterocycles. The van der Waals surface area contributed by atoms with Crippen LogP contribution in [0.15, 0.2) is 64.6 Å². The maximum atomic E-state index is 12.7. The minimum absolute atomic E-state index is 0.139. The summed E-state index contributed by atoms with van der Waals surface area (Å²) in [5.41, 5.74) is 1.49. The Morgan fingerprint density at radius 1 is 0.971 bits per heavy atom. The minimum Gasteiger partial charge on any atom is -0.493 e. The number of methoxy groups -OCH3 is 1. The molecule has 5 rings (SSSR count). The molecule has 35 heavy (non-hydrogen) atoms. The first-order valence-corrected chi connectivity index (χ1v) is 12.4. The first-order chi connectivity index (χ1) is 17.0. The summed E-state index contributed by atoms with van der Waals surface area (Å²) in [5, 5.41) is 2.26. The number of hydrogen-bond acceptors (Lipinski definition) is 6. The fourth-order valence-corrected chi connectivity index (χ4v) is 5.24. The van der Waals surface area contributed by atoms with Gasteiger partial charge in [-0.3, -0.25) is 0 Å². The molecule has 0 unspecified atom stereocenters. The van der Waals surface area contributed by atoms with Crippen molar-refractivity contribution in [3.05, 3.63) is 75.8 Å². The Kier molecular flexibility index (Phi) is 6.52. The fraction of sp³-hybridized carbons (Fsp3) is 0.286. The van der Waals surface area contributed by atoms with Gasteiger partial charge in [-0.15, -0.1) is 0 Å². The topological polar surface area (TPSA) is 71.1 Å². The lowest BCUT2D eigenvalue weighted by Crippen LogP contribution is -2.47. The second-order valence-corrected chi connectivity index (χ2v) is 9.62. The molecule has 1 saturated carbocycles. The number of hydrogen-bond donors (Lipinski definition) is 0. The number of ether oxygens (including phenoxy) is 4. The van der Waals surface area contributed by atoms with E-state index >= 15 is 0 Å². The molecule has 0 N–H and O–H groups in total. The lowest BCUT2D eigenvalue weighted by atomic mass is 9.93. The molecule has 3 aromatic carbocycles. The molecule has 6 nitrogen and oxygen atoms in total. The molecule has 2 aliphatic rings. The second kappa shape index (κ2) is 9.74. The van der Waals surface area contributed by atoms with Crippen molar-refractivity contribution in [2.45, 2.75) is 44.5 Å². The molecule has 7 heteroatoms. The summed E-state index contributed by atoms with van der Waals surface area (Å²) in [6.07, 6.45) is 5.32. The van der Waals surface area contributed by atoms with E-state index in [9.17, 15) is 9.59 Å². The Labute approximate surface area is 211 Å². The predicted octanol–water partition coefficient (Wildman–Crippen LogP) is 6.33. The maximum absolute atomic E-state index is 12.7. The van der Waals surface area contributed by atoms with Gasteiger partial charge in [0.2, 0.25) is 0 Å². The summed E-state index contributed by atoms with van der Waals surface area (Å²) in [5.74, 6) is -1.43. The lowest BCUT2D eigenvalue weighted by Gasteiger charge is -2.38. The van der Waals surface area contributed by atoms with Gasteiger partial charge in [-0.05, 0) is 68.9 Å². The van der Waals surface area contributed by atoms with Gasteiger partial charge in [-0.1, -0.05) is 48.9 Å². The normalized spacial score (nSPS) is 17.1. The third kappa shape index (κ3) is 4.78. The fourth-order valence-electron chi connectivity index (χ4n) is 4.66. The molecular formula is C28H25BrO6. The van der Waals surface area contributed by atoms with Crippen molar-refractivity contribution < 1.29 is 28.5 Å². The summed E-state index contributed by atoms with van der Waals surface area (Å²) in [6, 6.07) is 17.7. The van der Waals surface area contributed by atoms with Gasteiger partial charge in [-0.2, -0.15) is 0 Å². The van der Waals surface area contributed by atoms with Crippen LogP contribution in [0.1, 0.15) is 43.2 Å². The average molecular weight is 537 g/mol. The first kappa shape index (κ1) is 23.4. The Balaban J connectivity index is 1.38. The molecule has 1 aliphatic carbocycles. The minimum atomic E-state index is -1.11. The van der Waals surface area contributed by atoms with Crippen LogP contribution in [0.4, 0.5) is 0 Å². The van der Waals surface area contributed by atoms with Gasteiger partial charge in [0.1, 0.15) is 12.2 Å². The van der Waals surface area contributed by atoms with E-state index in [1.807, 2.05) is 24.3 Å². The van der Waals surface area contributed by atoms with E-state index in [1.54, 1.807) is 19.2 Å². The maximum Gasteiger partial charge on any atom is 0.348 e. The Hall–Kier alpha value is -3.32. The number of carbonyl (C=O) groups excluding carboxylic acids is 2. The van der Waals surface area contributed by atoms with Gasteiger partial charge < -0.3 is 18.9 Å². The van der Waals surface area contributed by atoms with Crippen LogP contribution < -0.4 is 9.47 Å². The Morgan fingerprint density at radius 3 is 2.43 bits per heavy atom. The molecule has 0 atom stereocenters. The van der Waals surface area contributed by atoms with Gasteiger partial charge >= 0.3 is 11.9 Å². The van der Waals surface area contributed by atoms with Crippen LogP contribution in [-0.2, 0) is 25.7 Å². The van der Waals surface area contributed by atoms with Gasteiger partial charge in [0, 0.05) is 12.8 Å².